The van der Waals surface area contributed by atoms with Crippen LogP contribution < -0.4 is 4.72 Å². The highest BCUT2D eigenvalue weighted by molar-refractivity contribution is 7.89. The van der Waals surface area contributed by atoms with E-state index in [-0.39, 0.29) is 18.2 Å². The van der Waals surface area contributed by atoms with Crippen molar-refractivity contribution in [1.29, 1.82) is 0 Å². The van der Waals surface area contributed by atoms with Gasteiger partial charge in [0.1, 0.15) is 0 Å². The Morgan fingerprint density at radius 3 is 2.65 bits per heavy atom. The number of alkyl halides is 3. The molecule has 1 unspecified atom stereocenters. The lowest BCUT2D eigenvalue weighted by atomic mass is 10.1. The third-order valence-electron chi connectivity index (χ3n) is 4.17. The van der Waals surface area contributed by atoms with E-state index in [4.69, 9.17) is 4.74 Å². The molecule has 1 saturated heterocycles. The number of nitrogens with zero attached hydrogens (tertiary/aromatic N) is 1. The zero-order chi connectivity index (χ0) is 19.5. The molecule has 1 aliphatic heterocycles. The quantitative estimate of drug-likeness (QED) is 0.806. The van der Waals surface area contributed by atoms with Gasteiger partial charge in [0.05, 0.1) is 23.2 Å². The summed E-state index contributed by atoms with van der Waals surface area (Å²) in [5.41, 5.74) is -0.964. The van der Waals surface area contributed by atoms with Crippen LogP contribution in [-0.2, 0) is 20.9 Å². The Labute approximate surface area is 152 Å². The molecule has 1 aliphatic rings. The molecule has 0 saturated carbocycles. The number of benzene rings is 1. The van der Waals surface area contributed by atoms with Gasteiger partial charge in [0.2, 0.25) is 10.0 Å². The Morgan fingerprint density at radius 1 is 1.35 bits per heavy atom. The standard InChI is InChI=1S/C17H25F3N2O3S/c1-12(2)10-22-6-7-25-14(11-22)9-21-26(23,24)15-5-4-13(3)16(8-15)17(18,19)20/h4-5,8,12,14,21H,6-7,9-11H2,1-3H3. The minimum absolute atomic E-state index is 0.0172. The fraction of sp³-hybridized carbons (Fsp3) is 0.647. The van der Waals surface area contributed by atoms with Crippen LogP contribution >= 0.6 is 0 Å². The molecule has 9 heteroatoms. The fourth-order valence-corrected chi connectivity index (χ4v) is 4.04. The summed E-state index contributed by atoms with van der Waals surface area (Å²) in [5.74, 6) is 0.485. The maximum atomic E-state index is 13.0. The van der Waals surface area contributed by atoms with E-state index in [0.717, 1.165) is 13.1 Å². The zero-order valence-corrected chi connectivity index (χ0v) is 16.0. The fourth-order valence-electron chi connectivity index (χ4n) is 2.95. The number of morpholine rings is 1. The van der Waals surface area contributed by atoms with Gasteiger partial charge in [-0.3, -0.25) is 4.90 Å². The monoisotopic (exact) mass is 394 g/mol. The molecule has 2 rings (SSSR count). The van der Waals surface area contributed by atoms with Gasteiger partial charge in [-0.1, -0.05) is 19.9 Å². The van der Waals surface area contributed by atoms with Crippen molar-refractivity contribution in [3.05, 3.63) is 29.3 Å². The first-order valence-electron chi connectivity index (χ1n) is 8.50. The molecule has 5 nitrogen and oxygen atoms in total. The Morgan fingerprint density at radius 2 is 2.04 bits per heavy atom. The van der Waals surface area contributed by atoms with E-state index in [1.165, 1.54) is 19.1 Å². The number of nitrogens with one attached hydrogen (secondary N) is 1. The number of sulfonamides is 1. The summed E-state index contributed by atoms with van der Waals surface area (Å²) in [7, 11) is -4.05. The summed E-state index contributed by atoms with van der Waals surface area (Å²) >= 11 is 0. The first kappa shape index (κ1) is 21.1. The van der Waals surface area contributed by atoms with Crippen LogP contribution in [0.5, 0.6) is 0 Å². The predicted molar refractivity (Wildman–Crippen MR) is 92.4 cm³/mol. The van der Waals surface area contributed by atoms with Gasteiger partial charge in [-0.05, 0) is 30.5 Å². The molecular weight excluding hydrogens is 369 g/mol. The Hall–Kier alpha value is -1.16. The molecule has 1 N–H and O–H groups in total. The molecule has 0 radical (unpaired) electrons. The Balaban J connectivity index is 2.05. The molecule has 148 valence electrons. The molecule has 26 heavy (non-hydrogen) atoms. The minimum Gasteiger partial charge on any atom is -0.374 e. The highest BCUT2D eigenvalue weighted by Crippen LogP contribution is 2.33. The van der Waals surface area contributed by atoms with Crippen molar-refractivity contribution in [2.45, 2.75) is 37.9 Å². The normalized spacial score (nSPS) is 19.9. The predicted octanol–water partition coefficient (Wildman–Crippen LogP) is 2.65. The third kappa shape index (κ3) is 5.67. The maximum absolute atomic E-state index is 13.0. The highest BCUT2D eigenvalue weighted by atomic mass is 32.2. The van der Waals surface area contributed by atoms with Crippen LogP contribution in [0.25, 0.3) is 0 Å². The third-order valence-corrected chi connectivity index (χ3v) is 5.59. The summed E-state index contributed by atoms with van der Waals surface area (Å²) in [5, 5.41) is 0. The van der Waals surface area contributed by atoms with Crippen molar-refractivity contribution in [3.63, 3.8) is 0 Å². The number of rotatable bonds is 6. The summed E-state index contributed by atoms with van der Waals surface area (Å²) in [6, 6.07) is 3.02. The van der Waals surface area contributed by atoms with Gasteiger partial charge in [0.15, 0.2) is 0 Å². The molecule has 1 heterocycles. The van der Waals surface area contributed by atoms with Crippen molar-refractivity contribution < 1.29 is 26.3 Å². The summed E-state index contributed by atoms with van der Waals surface area (Å²) in [6.07, 6.45) is -4.93. The maximum Gasteiger partial charge on any atom is 0.416 e. The van der Waals surface area contributed by atoms with Gasteiger partial charge >= 0.3 is 6.18 Å². The molecule has 0 aliphatic carbocycles. The lowest BCUT2D eigenvalue weighted by Gasteiger charge is -2.33. The average Bonchev–Trinajstić information content (AvgIpc) is 2.52. The summed E-state index contributed by atoms with van der Waals surface area (Å²) < 4.78 is 71.7. The SMILES string of the molecule is Cc1ccc(S(=O)(=O)NCC2CN(CC(C)C)CCO2)cc1C(F)(F)F. The van der Waals surface area contributed by atoms with Crippen LogP contribution in [0.2, 0.25) is 0 Å². The molecule has 0 amide bonds. The summed E-state index contributed by atoms with van der Waals surface area (Å²) in [4.78, 5) is 1.80. The van der Waals surface area contributed by atoms with Crippen molar-refractivity contribution >= 4 is 10.0 Å². The second-order valence-electron chi connectivity index (χ2n) is 6.97. The van der Waals surface area contributed by atoms with Crippen LogP contribution in [0.3, 0.4) is 0 Å². The lowest BCUT2D eigenvalue weighted by Crippen LogP contribution is -2.48. The second kappa shape index (κ2) is 8.24. The number of aryl methyl sites for hydroxylation is 1. The van der Waals surface area contributed by atoms with E-state index in [9.17, 15) is 21.6 Å². The largest absolute Gasteiger partial charge is 0.416 e. The van der Waals surface area contributed by atoms with Crippen molar-refractivity contribution in [2.75, 3.05) is 32.8 Å². The highest BCUT2D eigenvalue weighted by Gasteiger charge is 2.34. The van der Waals surface area contributed by atoms with E-state index in [1.54, 1.807) is 0 Å². The van der Waals surface area contributed by atoms with Crippen molar-refractivity contribution in [2.24, 2.45) is 5.92 Å². The second-order valence-corrected chi connectivity index (χ2v) is 8.74. The lowest BCUT2D eigenvalue weighted by molar-refractivity contribution is -0.138. The molecule has 0 spiro atoms. The van der Waals surface area contributed by atoms with Gasteiger partial charge in [-0.2, -0.15) is 13.2 Å². The number of halogens is 3. The van der Waals surface area contributed by atoms with E-state index < -0.39 is 26.7 Å². The van der Waals surface area contributed by atoms with Gasteiger partial charge in [-0.25, -0.2) is 13.1 Å². The molecular formula is C17H25F3N2O3S. The van der Waals surface area contributed by atoms with Crippen molar-refractivity contribution in [1.82, 2.24) is 9.62 Å². The number of ether oxygens (including phenoxy) is 1. The smallest absolute Gasteiger partial charge is 0.374 e. The van der Waals surface area contributed by atoms with E-state index >= 15 is 0 Å². The van der Waals surface area contributed by atoms with Crippen LogP contribution in [0, 0.1) is 12.8 Å². The first-order valence-corrected chi connectivity index (χ1v) is 9.99. The minimum atomic E-state index is -4.60. The molecule has 1 atom stereocenters. The molecule has 0 bridgehead atoms. The zero-order valence-electron chi connectivity index (χ0n) is 15.1. The van der Waals surface area contributed by atoms with Crippen LogP contribution in [0.4, 0.5) is 13.2 Å². The molecule has 0 aromatic heterocycles. The van der Waals surface area contributed by atoms with E-state index in [1.807, 2.05) is 0 Å². The first-order chi connectivity index (χ1) is 12.0. The van der Waals surface area contributed by atoms with Crippen molar-refractivity contribution in [3.8, 4) is 0 Å². The molecule has 1 aromatic rings. The van der Waals surface area contributed by atoms with Gasteiger partial charge in [-0.15, -0.1) is 0 Å². The van der Waals surface area contributed by atoms with Crippen LogP contribution in [0.1, 0.15) is 25.0 Å². The Kier molecular flexibility index (Phi) is 6.70. The van der Waals surface area contributed by atoms with Crippen LogP contribution in [-0.4, -0.2) is 52.2 Å². The summed E-state index contributed by atoms with van der Waals surface area (Å²) in [6.45, 7) is 8.28. The number of hydrogen-bond acceptors (Lipinski definition) is 4. The van der Waals surface area contributed by atoms with Gasteiger partial charge in [0.25, 0.3) is 0 Å². The number of hydrogen-bond donors (Lipinski definition) is 1. The van der Waals surface area contributed by atoms with E-state index in [0.29, 0.717) is 25.1 Å². The van der Waals surface area contributed by atoms with Gasteiger partial charge < -0.3 is 4.74 Å². The Bertz CT molecular complexity index is 720. The molecule has 1 aromatic carbocycles. The topological polar surface area (TPSA) is 58.6 Å². The molecule has 1 fully saturated rings. The van der Waals surface area contributed by atoms with Crippen LogP contribution in [0.15, 0.2) is 23.1 Å². The van der Waals surface area contributed by atoms with Gasteiger partial charge in [0, 0.05) is 26.2 Å². The van der Waals surface area contributed by atoms with E-state index in [2.05, 4.69) is 23.5 Å². The average molecular weight is 394 g/mol.